The topological polar surface area (TPSA) is 34.9 Å². The fourth-order valence-electron chi connectivity index (χ4n) is 2.60. The normalized spacial score (nSPS) is 11.3. The standard InChI is InChI=1S/C17H12N2OS2/c1-21-17-18-15-14(12-9-5-6-10-13(12)22-15)16(20)19(17)11-7-3-2-4-8-11/h2-10H,1H3. The van der Waals surface area contributed by atoms with Crippen molar-refractivity contribution in [1.29, 1.82) is 0 Å². The molecule has 0 bridgehead atoms. The van der Waals surface area contributed by atoms with Crippen molar-refractivity contribution in [2.75, 3.05) is 6.26 Å². The summed E-state index contributed by atoms with van der Waals surface area (Å²) >= 11 is 3.06. The number of hydrogen-bond acceptors (Lipinski definition) is 4. The van der Waals surface area contributed by atoms with E-state index in [4.69, 9.17) is 4.98 Å². The van der Waals surface area contributed by atoms with Gasteiger partial charge in [-0.2, -0.15) is 0 Å². The van der Waals surface area contributed by atoms with Gasteiger partial charge >= 0.3 is 0 Å². The molecule has 22 heavy (non-hydrogen) atoms. The molecule has 0 saturated carbocycles. The molecule has 0 atom stereocenters. The highest BCUT2D eigenvalue weighted by molar-refractivity contribution is 7.98. The van der Waals surface area contributed by atoms with E-state index in [1.807, 2.05) is 60.9 Å². The number of thioether (sulfide) groups is 1. The number of para-hydroxylation sites is 1. The van der Waals surface area contributed by atoms with Crippen molar-refractivity contribution in [1.82, 2.24) is 9.55 Å². The molecule has 0 aliphatic heterocycles. The Hall–Kier alpha value is -2.11. The van der Waals surface area contributed by atoms with Crippen molar-refractivity contribution in [2.24, 2.45) is 0 Å². The van der Waals surface area contributed by atoms with Crippen LogP contribution in [0.2, 0.25) is 0 Å². The Bertz CT molecular complexity index is 1040. The first-order valence-corrected chi connectivity index (χ1v) is 8.87. The second-order valence-corrected chi connectivity index (χ2v) is 6.66. The molecular weight excluding hydrogens is 312 g/mol. The Kier molecular flexibility index (Phi) is 3.24. The third kappa shape index (κ3) is 1.97. The monoisotopic (exact) mass is 324 g/mol. The van der Waals surface area contributed by atoms with Crippen molar-refractivity contribution in [3.63, 3.8) is 0 Å². The maximum absolute atomic E-state index is 13.1. The summed E-state index contributed by atoms with van der Waals surface area (Å²) in [7, 11) is 0. The number of thiophene rings is 1. The predicted molar refractivity (Wildman–Crippen MR) is 94.5 cm³/mol. The molecular formula is C17H12N2OS2. The lowest BCUT2D eigenvalue weighted by molar-refractivity contribution is 0.825. The van der Waals surface area contributed by atoms with Crippen LogP contribution in [-0.2, 0) is 0 Å². The average molecular weight is 324 g/mol. The summed E-state index contributed by atoms with van der Waals surface area (Å²) in [6.07, 6.45) is 1.94. The van der Waals surface area contributed by atoms with Gasteiger partial charge in [0.25, 0.3) is 5.56 Å². The summed E-state index contributed by atoms with van der Waals surface area (Å²) < 4.78 is 2.80. The molecule has 0 spiro atoms. The van der Waals surface area contributed by atoms with Gasteiger partial charge in [-0.15, -0.1) is 11.3 Å². The number of hydrogen-bond donors (Lipinski definition) is 0. The number of nitrogens with zero attached hydrogens (tertiary/aromatic N) is 2. The van der Waals surface area contributed by atoms with Gasteiger partial charge in [0.05, 0.1) is 11.1 Å². The molecule has 2 heterocycles. The molecule has 0 fully saturated rings. The Balaban J connectivity index is 2.18. The molecule has 0 unspecified atom stereocenters. The molecule has 2 aromatic heterocycles. The fourth-order valence-corrected chi connectivity index (χ4v) is 4.27. The molecule has 4 aromatic rings. The van der Waals surface area contributed by atoms with E-state index in [0.29, 0.717) is 5.39 Å². The van der Waals surface area contributed by atoms with Crippen LogP contribution in [0, 0.1) is 0 Å². The molecule has 2 aromatic carbocycles. The first kappa shape index (κ1) is 13.5. The average Bonchev–Trinajstić information content (AvgIpc) is 2.94. The second kappa shape index (κ2) is 5.26. The Labute approximate surface area is 135 Å². The quantitative estimate of drug-likeness (QED) is 0.407. The lowest BCUT2D eigenvalue weighted by atomic mass is 10.2. The van der Waals surface area contributed by atoms with Crippen LogP contribution in [0.4, 0.5) is 0 Å². The largest absolute Gasteiger partial charge is 0.268 e. The first-order valence-electron chi connectivity index (χ1n) is 6.83. The van der Waals surface area contributed by atoms with Crippen LogP contribution < -0.4 is 5.56 Å². The van der Waals surface area contributed by atoms with Crippen LogP contribution in [0.25, 0.3) is 26.0 Å². The number of benzene rings is 2. The third-order valence-electron chi connectivity index (χ3n) is 3.58. The SMILES string of the molecule is CSc1nc2sc3ccccc3c2c(=O)n1-c1ccccc1. The van der Waals surface area contributed by atoms with Crippen LogP contribution in [0.15, 0.2) is 64.5 Å². The zero-order valence-electron chi connectivity index (χ0n) is 11.8. The Morgan fingerprint density at radius 1 is 1.05 bits per heavy atom. The van der Waals surface area contributed by atoms with Gasteiger partial charge in [0, 0.05) is 10.1 Å². The minimum atomic E-state index is -0.00185. The van der Waals surface area contributed by atoms with Gasteiger partial charge in [-0.25, -0.2) is 4.98 Å². The van der Waals surface area contributed by atoms with Crippen molar-refractivity contribution in [3.05, 3.63) is 65.0 Å². The van der Waals surface area contributed by atoms with Gasteiger partial charge < -0.3 is 0 Å². The molecule has 0 aliphatic rings. The zero-order chi connectivity index (χ0) is 15.1. The third-order valence-corrected chi connectivity index (χ3v) is 5.28. The summed E-state index contributed by atoms with van der Waals surface area (Å²) in [5, 5.41) is 2.41. The lowest BCUT2D eigenvalue weighted by Gasteiger charge is -2.10. The van der Waals surface area contributed by atoms with Crippen molar-refractivity contribution in [2.45, 2.75) is 5.16 Å². The molecule has 0 amide bonds. The Morgan fingerprint density at radius 3 is 2.55 bits per heavy atom. The highest BCUT2D eigenvalue weighted by Gasteiger charge is 2.16. The molecule has 0 radical (unpaired) electrons. The van der Waals surface area contributed by atoms with E-state index in [0.717, 1.165) is 25.8 Å². The minimum absolute atomic E-state index is 0.00185. The number of fused-ring (bicyclic) bond motifs is 3. The van der Waals surface area contributed by atoms with Crippen molar-refractivity contribution in [3.8, 4) is 5.69 Å². The zero-order valence-corrected chi connectivity index (χ0v) is 13.4. The van der Waals surface area contributed by atoms with Crippen LogP contribution in [-0.4, -0.2) is 15.8 Å². The van der Waals surface area contributed by atoms with Crippen LogP contribution in [0.5, 0.6) is 0 Å². The minimum Gasteiger partial charge on any atom is -0.268 e. The van der Waals surface area contributed by atoms with E-state index in [9.17, 15) is 4.79 Å². The van der Waals surface area contributed by atoms with Gasteiger partial charge in [0.1, 0.15) is 4.83 Å². The summed E-state index contributed by atoms with van der Waals surface area (Å²) in [5.41, 5.74) is 0.847. The fraction of sp³-hybridized carbons (Fsp3) is 0.0588. The van der Waals surface area contributed by atoms with E-state index >= 15 is 0 Å². The van der Waals surface area contributed by atoms with E-state index in [1.165, 1.54) is 11.8 Å². The molecule has 0 saturated heterocycles. The van der Waals surface area contributed by atoms with Gasteiger partial charge in [0.15, 0.2) is 5.16 Å². The molecule has 108 valence electrons. The first-order chi connectivity index (χ1) is 10.8. The summed E-state index contributed by atoms with van der Waals surface area (Å²) in [6.45, 7) is 0. The summed E-state index contributed by atoms with van der Waals surface area (Å²) in [4.78, 5) is 18.6. The van der Waals surface area contributed by atoms with Crippen LogP contribution >= 0.6 is 23.1 Å². The van der Waals surface area contributed by atoms with Crippen molar-refractivity contribution < 1.29 is 0 Å². The van der Waals surface area contributed by atoms with Gasteiger partial charge in [-0.3, -0.25) is 9.36 Å². The van der Waals surface area contributed by atoms with Crippen LogP contribution in [0.3, 0.4) is 0 Å². The predicted octanol–water partition coefficient (Wildman–Crippen LogP) is 4.32. The number of aromatic nitrogens is 2. The van der Waals surface area contributed by atoms with Crippen molar-refractivity contribution >= 4 is 43.4 Å². The molecule has 5 heteroatoms. The smallest absolute Gasteiger partial charge is 0.268 e. The van der Waals surface area contributed by atoms with E-state index in [-0.39, 0.29) is 5.56 Å². The van der Waals surface area contributed by atoms with Gasteiger partial charge in [-0.1, -0.05) is 48.2 Å². The van der Waals surface area contributed by atoms with E-state index in [2.05, 4.69) is 0 Å². The molecule has 3 nitrogen and oxygen atoms in total. The van der Waals surface area contributed by atoms with E-state index < -0.39 is 0 Å². The molecule has 0 N–H and O–H groups in total. The van der Waals surface area contributed by atoms with Gasteiger partial charge in [-0.05, 0) is 24.5 Å². The highest BCUT2D eigenvalue weighted by Crippen LogP contribution is 2.31. The maximum Gasteiger partial charge on any atom is 0.268 e. The molecule has 4 rings (SSSR count). The number of rotatable bonds is 2. The molecule has 0 aliphatic carbocycles. The lowest BCUT2D eigenvalue weighted by Crippen LogP contribution is -2.20. The summed E-state index contributed by atoms with van der Waals surface area (Å²) in [6, 6.07) is 17.7. The van der Waals surface area contributed by atoms with Gasteiger partial charge in [0.2, 0.25) is 0 Å². The van der Waals surface area contributed by atoms with E-state index in [1.54, 1.807) is 15.9 Å². The summed E-state index contributed by atoms with van der Waals surface area (Å²) in [5.74, 6) is 0. The highest BCUT2D eigenvalue weighted by atomic mass is 32.2. The second-order valence-electron chi connectivity index (χ2n) is 4.85. The maximum atomic E-state index is 13.1. The van der Waals surface area contributed by atoms with Crippen LogP contribution in [0.1, 0.15) is 0 Å². The Morgan fingerprint density at radius 2 is 1.77 bits per heavy atom.